The first-order valence-electron chi connectivity index (χ1n) is 18.5. The molecule has 5 saturated carbocycles. The molecule has 1 spiro atoms. The molecule has 4 N–H and O–H groups in total. The second-order valence-corrected chi connectivity index (χ2v) is 15.9. The van der Waals surface area contributed by atoms with Crippen LogP contribution in [0.1, 0.15) is 55.8 Å². The number of aliphatic carboxylic acids is 1. The molecule has 14 heteroatoms. The molecule has 0 amide bonds. The Kier molecular flexibility index (Phi) is 9.81. The van der Waals surface area contributed by atoms with Gasteiger partial charge in [-0.1, -0.05) is 25.1 Å². The van der Waals surface area contributed by atoms with Crippen molar-refractivity contribution in [2.75, 3.05) is 48.1 Å². The van der Waals surface area contributed by atoms with E-state index in [0.29, 0.717) is 13.1 Å². The number of rotatable bonds is 14. The van der Waals surface area contributed by atoms with Crippen LogP contribution in [0.25, 0.3) is 0 Å². The first-order chi connectivity index (χ1) is 24.9. The number of carboxylic acid groups (broad SMARTS) is 1. The molecule has 6 aliphatic rings. The summed E-state index contributed by atoms with van der Waals surface area (Å²) < 4.78 is 37.9. The number of nitrogens with zero attached hydrogens (tertiary/aromatic N) is 1. The Hall–Kier alpha value is -2.69. The number of aliphatic hydroxyl groups is 3. The van der Waals surface area contributed by atoms with Crippen molar-refractivity contribution in [2.45, 2.75) is 99.3 Å². The number of fused-ring (bicyclic) bond motifs is 2. The first-order valence-corrected chi connectivity index (χ1v) is 18.5. The Morgan fingerprint density at radius 3 is 2.27 bits per heavy atom. The van der Waals surface area contributed by atoms with Crippen LogP contribution in [0.2, 0.25) is 0 Å². The summed E-state index contributed by atoms with van der Waals surface area (Å²) in [4.78, 5) is 41.6. The number of hydrogen-bond donors (Lipinski definition) is 4. The normalized spacial score (nSPS) is 45.4. The van der Waals surface area contributed by atoms with Gasteiger partial charge in [-0.05, 0) is 43.9 Å². The number of methoxy groups -OCH3 is 4. The van der Waals surface area contributed by atoms with Gasteiger partial charge in [0.15, 0.2) is 5.60 Å². The zero-order valence-corrected chi connectivity index (χ0v) is 30.5. The van der Waals surface area contributed by atoms with Crippen molar-refractivity contribution in [1.29, 1.82) is 0 Å². The lowest BCUT2D eigenvalue weighted by atomic mass is 9.42. The van der Waals surface area contributed by atoms with Crippen LogP contribution in [0.5, 0.6) is 0 Å². The fourth-order valence-corrected chi connectivity index (χ4v) is 12.9. The highest BCUT2D eigenvalue weighted by molar-refractivity contribution is 5.89. The van der Waals surface area contributed by atoms with Crippen molar-refractivity contribution in [1.82, 2.24) is 4.90 Å². The lowest BCUT2D eigenvalue weighted by Gasteiger charge is -2.70. The van der Waals surface area contributed by atoms with E-state index in [0.717, 1.165) is 0 Å². The van der Waals surface area contributed by atoms with Gasteiger partial charge in [-0.25, -0.2) is 4.79 Å². The fourth-order valence-electron chi connectivity index (χ4n) is 12.9. The van der Waals surface area contributed by atoms with Crippen LogP contribution in [0.15, 0.2) is 30.3 Å². The summed E-state index contributed by atoms with van der Waals surface area (Å²) in [6.45, 7) is 3.20. The second kappa shape index (κ2) is 13.6. The van der Waals surface area contributed by atoms with Gasteiger partial charge in [0.1, 0.15) is 23.9 Å². The fraction of sp³-hybridized carbons (Fsp3) is 0.763. The van der Waals surface area contributed by atoms with Crippen LogP contribution in [0.3, 0.4) is 0 Å². The Morgan fingerprint density at radius 1 is 0.942 bits per heavy atom. The number of esters is 2. The second-order valence-electron chi connectivity index (χ2n) is 15.9. The molecule has 0 unspecified atom stereocenters. The maximum absolute atomic E-state index is 14.1. The van der Waals surface area contributed by atoms with Gasteiger partial charge in [-0.15, -0.1) is 0 Å². The van der Waals surface area contributed by atoms with Crippen molar-refractivity contribution in [3.63, 3.8) is 0 Å². The molecule has 14 nitrogen and oxygen atoms in total. The summed E-state index contributed by atoms with van der Waals surface area (Å²) >= 11 is 0. The number of carbonyl (C=O) groups excluding carboxylic acids is 2. The van der Waals surface area contributed by atoms with E-state index in [1.165, 1.54) is 7.11 Å². The van der Waals surface area contributed by atoms with Gasteiger partial charge < -0.3 is 48.8 Å². The third-order valence-electron chi connectivity index (χ3n) is 14.2. The minimum absolute atomic E-state index is 0.0185. The number of unbranched alkanes of at least 4 members (excludes halogenated alkanes) is 1. The van der Waals surface area contributed by atoms with Gasteiger partial charge in [0, 0.05) is 88.9 Å². The number of hydrogen-bond acceptors (Lipinski definition) is 13. The number of ether oxygens (including phenoxy) is 6. The number of carbonyl (C=O) groups is 3. The highest BCUT2D eigenvalue weighted by Gasteiger charge is 2.92. The molecule has 6 fully saturated rings. The van der Waals surface area contributed by atoms with E-state index in [4.69, 9.17) is 28.4 Å². The Morgan fingerprint density at radius 2 is 1.65 bits per heavy atom. The summed E-state index contributed by atoms with van der Waals surface area (Å²) in [5.41, 5.74) is -5.17. The Balaban J connectivity index is 1.47. The van der Waals surface area contributed by atoms with Crippen LogP contribution >= 0.6 is 0 Å². The van der Waals surface area contributed by atoms with Gasteiger partial charge in [0.05, 0.1) is 30.5 Å². The monoisotopic (exact) mass is 731 g/mol. The van der Waals surface area contributed by atoms with Gasteiger partial charge >= 0.3 is 17.9 Å². The Labute approximate surface area is 303 Å². The van der Waals surface area contributed by atoms with Crippen LogP contribution in [-0.2, 0) is 38.0 Å². The van der Waals surface area contributed by atoms with Gasteiger partial charge in [0.2, 0.25) is 0 Å². The minimum atomic E-state index is -1.91. The van der Waals surface area contributed by atoms with E-state index >= 15 is 0 Å². The smallest absolute Gasteiger partial charge is 0.338 e. The molecule has 288 valence electrons. The molecule has 1 aliphatic heterocycles. The van der Waals surface area contributed by atoms with E-state index in [9.17, 15) is 34.8 Å². The van der Waals surface area contributed by atoms with Crippen LogP contribution < -0.4 is 0 Å². The zero-order valence-electron chi connectivity index (χ0n) is 30.5. The summed E-state index contributed by atoms with van der Waals surface area (Å²) in [7, 11) is 6.17. The molecule has 7 bridgehead atoms. The lowest BCUT2D eigenvalue weighted by Crippen LogP contribution is -2.81. The average Bonchev–Trinajstić information content (AvgIpc) is 3.50. The summed E-state index contributed by atoms with van der Waals surface area (Å²) in [6, 6.07) is 8.00. The topological polar surface area (TPSA) is 191 Å². The SMILES string of the molecule is CCN1C[C@]2(COC)[C@H](O)C[C@H](OC)[C@@]34[C@@H]5C[C@@]6(O)[C@H](OC(=O)c7ccccc7)[C@@H]5[C@@](OC(=O)CCCCC(=O)O)([C@H]([C@H](OC)[C@H]23)[C@@H]14)[C@@H](O)[C@@H]6OC. The molecule has 1 aromatic carbocycles. The number of benzene rings is 1. The predicted molar refractivity (Wildman–Crippen MR) is 181 cm³/mol. The number of likely N-dealkylation sites (tertiary alicyclic amines) is 1. The number of piperidine rings is 1. The molecule has 1 aromatic rings. The average molecular weight is 732 g/mol. The van der Waals surface area contributed by atoms with Crippen molar-refractivity contribution in [2.24, 2.45) is 34.5 Å². The standard InChI is InChI=1S/C38H53NO13/c1-6-39-18-35(19-47-2)22(40)16-23(48-3)37-21-17-36(46)32(51-34(45)20-12-8-7-9-13-20)26(21)38(31(44)33(36)50-5,27(30(37)39)28(49-4)29(35)37)52-25(43)15-11-10-14-24(41)42/h7-9,12-13,21-23,26-33,40,44,46H,6,10-11,14-19H2,1-5H3,(H,41,42)/t21-,22-,23+,26-,27-,28+,29-,30-,31+,32-,33+,35+,36-,37+,38-/m1/s1. The van der Waals surface area contributed by atoms with Gasteiger partial charge in [-0.2, -0.15) is 0 Å². The highest BCUT2D eigenvalue weighted by Crippen LogP contribution is 2.80. The molecular weight excluding hydrogens is 678 g/mol. The molecule has 52 heavy (non-hydrogen) atoms. The van der Waals surface area contributed by atoms with Gasteiger partial charge in [0.25, 0.3) is 0 Å². The van der Waals surface area contributed by atoms with Crippen LogP contribution in [0, 0.1) is 34.5 Å². The van der Waals surface area contributed by atoms with Gasteiger partial charge in [-0.3, -0.25) is 14.5 Å². The third-order valence-corrected chi connectivity index (χ3v) is 14.2. The maximum atomic E-state index is 14.1. The molecule has 15 atom stereocenters. The summed E-state index contributed by atoms with van der Waals surface area (Å²) in [6.07, 6.45) is -5.81. The highest BCUT2D eigenvalue weighted by atomic mass is 16.6. The van der Waals surface area contributed by atoms with Crippen molar-refractivity contribution in [3.8, 4) is 0 Å². The molecular formula is C38H53NO13. The quantitative estimate of drug-likeness (QED) is 0.158. The zero-order chi connectivity index (χ0) is 37.4. The maximum Gasteiger partial charge on any atom is 0.338 e. The number of aliphatic hydroxyl groups excluding tert-OH is 2. The van der Waals surface area contributed by atoms with Crippen molar-refractivity contribution in [3.05, 3.63) is 35.9 Å². The van der Waals surface area contributed by atoms with E-state index in [2.05, 4.69) is 4.90 Å². The summed E-state index contributed by atoms with van der Waals surface area (Å²) in [5.74, 6) is -5.05. The lowest BCUT2D eigenvalue weighted by molar-refractivity contribution is -0.323. The molecule has 0 radical (unpaired) electrons. The van der Waals surface area contributed by atoms with E-state index < -0.39 is 106 Å². The predicted octanol–water partition coefficient (Wildman–Crippen LogP) is 1.27. The minimum Gasteiger partial charge on any atom is -0.481 e. The Bertz CT molecular complexity index is 1530. The van der Waals surface area contributed by atoms with Crippen LogP contribution in [-0.4, -0.2) is 145 Å². The molecule has 5 aliphatic carbocycles. The van der Waals surface area contributed by atoms with Crippen molar-refractivity contribution >= 4 is 17.9 Å². The molecule has 7 rings (SSSR count). The molecule has 1 heterocycles. The molecule has 0 aromatic heterocycles. The van der Waals surface area contributed by atoms with Crippen LogP contribution in [0.4, 0.5) is 0 Å². The number of carboxylic acids is 1. The van der Waals surface area contributed by atoms with E-state index in [-0.39, 0.29) is 50.7 Å². The van der Waals surface area contributed by atoms with E-state index in [1.807, 2.05) is 6.92 Å². The largest absolute Gasteiger partial charge is 0.481 e. The molecule has 1 saturated heterocycles. The van der Waals surface area contributed by atoms with E-state index in [1.54, 1.807) is 51.7 Å². The third kappa shape index (κ3) is 4.81. The first kappa shape index (κ1) is 37.6. The summed E-state index contributed by atoms with van der Waals surface area (Å²) in [5, 5.41) is 47.0. The van der Waals surface area contributed by atoms with Crippen molar-refractivity contribution < 1.29 is 63.2 Å².